The van der Waals surface area contributed by atoms with Crippen LogP contribution in [0.1, 0.15) is 47.0 Å². The molecule has 1 saturated heterocycles. The van der Waals surface area contributed by atoms with Crippen molar-refractivity contribution in [1.82, 2.24) is 4.90 Å². The number of Topliss-reactive ketones (excluding diaryl/α,β-unsaturated/α-hetero) is 1. The SMILES string of the molecule is CCCC(C)(C)N1CCC(=O)C(C)C1. The number of likely N-dealkylation sites (tertiary alicyclic amines) is 1. The summed E-state index contributed by atoms with van der Waals surface area (Å²) in [5, 5.41) is 0. The summed E-state index contributed by atoms with van der Waals surface area (Å²) in [6, 6.07) is 0. The fraction of sp³-hybridized carbons (Fsp3) is 0.917. The Kier molecular flexibility index (Phi) is 3.71. The van der Waals surface area contributed by atoms with Crippen LogP contribution < -0.4 is 0 Å². The summed E-state index contributed by atoms with van der Waals surface area (Å²) in [6.45, 7) is 10.8. The first-order valence-corrected chi connectivity index (χ1v) is 5.75. The zero-order valence-electron chi connectivity index (χ0n) is 9.97. The zero-order chi connectivity index (χ0) is 10.8. The molecule has 0 amide bonds. The standard InChI is InChI=1S/C12H23NO/c1-5-7-12(3,4)13-8-6-11(14)10(2)9-13/h10H,5-9H2,1-4H3. The lowest BCUT2D eigenvalue weighted by Crippen LogP contribution is -2.51. The smallest absolute Gasteiger partial charge is 0.138 e. The Hall–Kier alpha value is -0.370. The predicted molar refractivity (Wildman–Crippen MR) is 59.3 cm³/mol. The van der Waals surface area contributed by atoms with Crippen LogP contribution in [0.3, 0.4) is 0 Å². The third-order valence-corrected chi connectivity index (χ3v) is 3.39. The summed E-state index contributed by atoms with van der Waals surface area (Å²) < 4.78 is 0. The minimum absolute atomic E-state index is 0.236. The molecule has 0 N–H and O–H groups in total. The third-order valence-electron chi connectivity index (χ3n) is 3.39. The molecule has 1 rings (SSSR count). The van der Waals surface area contributed by atoms with E-state index in [1.807, 2.05) is 0 Å². The zero-order valence-corrected chi connectivity index (χ0v) is 9.97. The Labute approximate surface area is 87.7 Å². The molecule has 0 bridgehead atoms. The quantitative estimate of drug-likeness (QED) is 0.692. The Bertz CT molecular complexity index is 210. The van der Waals surface area contributed by atoms with E-state index in [4.69, 9.17) is 0 Å². The predicted octanol–water partition coefficient (Wildman–Crippen LogP) is 2.48. The molecule has 82 valence electrons. The van der Waals surface area contributed by atoms with E-state index in [0.29, 0.717) is 5.78 Å². The molecule has 0 aromatic carbocycles. The highest BCUT2D eigenvalue weighted by Crippen LogP contribution is 2.25. The largest absolute Gasteiger partial charge is 0.299 e. The van der Waals surface area contributed by atoms with Crippen LogP contribution in [0.15, 0.2) is 0 Å². The maximum Gasteiger partial charge on any atom is 0.138 e. The lowest BCUT2D eigenvalue weighted by atomic mass is 9.90. The molecule has 0 saturated carbocycles. The van der Waals surface area contributed by atoms with Crippen molar-refractivity contribution in [3.8, 4) is 0 Å². The molecule has 2 nitrogen and oxygen atoms in total. The number of ketones is 1. The van der Waals surface area contributed by atoms with E-state index < -0.39 is 0 Å². The van der Waals surface area contributed by atoms with E-state index >= 15 is 0 Å². The van der Waals surface area contributed by atoms with Crippen LogP contribution in [0.5, 0.6) is 0 Å². The van der Waals surface area contributed by atoms with Crippen molar-refractivity contribution in [2.75, 3.05) is 13.1 Å². The fourth-order valence-corrected chi connectivity index (χ4v) is 2.33. The van der Waals surface area contributed by atoms with E-state index in [2.05, 4.69) is 32.6 Å². The van der Waals surface area contributed by atoms with E-state index in [-0.39, 0.29) is 11.5 Å². The third kappa shape index (κ3) is 2.57. The number of carbonyl (C=O) groups excluding carboxylic acids is 1. The number of rotatable bonds is 3. The van der Waals surface area contributed by atoms with Gasteiger partial charge in [0, 0.05) is 31.0 Å². The molecule has 0 radical (unpaired) electrons. The molecule has 0 aliphatic carbocycles. The average Bonchev–Trinajstić information content (AvgIpc) is 2.09. The highest BCUT2D eigenvalue weighted by Gasteiger charge is 2.32. The second-order valence-corrected chi connectivity index (χ2v) is 5.13. The first kappa shape index (κ1) is 11.7. The fourth-order valence-electron chi connectivity index (χ4n) is 2.33. The van der Waals surface area contributed by atoms with Gasteiger partial charge >= 0.3 is 0 Å². The van der Waals surface area contributed by atoms with Gasteiger partial charge in [0.2, 0.25) is 0 Å². The maximum atomic E-state index is 11.4. The number of carbonyl (C=O) groups is 1. The summed E-state index contributed by atoms with van der Waals surface area (Å²) >= 11 is 0. The van der Waals surface area contributed by atoms with Gasteiger partial charge < -0.3 is 0 Å². The monoisotopic (exact) mass is 197 g/mol. The van der Waals surface area contributed by atoms with E-state index in [1.165, 1.54) is 12.8 Å². The van der Waals surface area contributed by atoms with Gasteiger partial charge in [-0.25, -0.2) is 0 Å². The molecule has 14 heavy (non-hydrogen) atoms. The van der Waals surface area contributed by atoms with Crippen LogP contribution in [-0.4, -0.2) is 29.3 Å². The highest BCUT2D eigenvalue weighted by atomic mass is 16.1. The first-order chi connectivity index (χ1) is 6.47. The van der Waals surface area contributed by atoms with Crippen LogP contribution in [0.2, 0.25) is 0 Å². The molecule has 1 unspecified atom stereocenters. The minimum Gasteiger partial charge on any atom is -0.299 e. The second kappa shape index (κ2) is 4.43. The summed E-state index contributed by atoms with van der Waals surface area (Å²) in [7, 11) is 0. The Morgan fingerprint density at radius 2 is 2.14 bits per heavy atom. The molecule has 0 aromatic rings. The van der Waals surface area contributed by atoms with Gasteiger partial charge in [-0.3, -0.25) is 9.69 Å². The maximum absolute atomic E-state index is 11.4. The van der Waals surface area contributed by atoms with Gasteiger partial charge in [-0.05, 0) is 20.3 Å². The Balaban J connectivity index is 2.57. The molecule has 1 fully saturated rings. The second-order valence-electron chi connectivity index (χ2n) is 5.13. The molecule has 1 aliphatic rings. The molecule has 0 aromatic heterocycles. The van der Waals surface area contributed by atoms with E-state index in [1.54, 1.807) is 0 Å². The molecular weight excluding hydrogens is 174 g/mol. The van der Waals surface area contributed by atoms with Crippen LogP contribution >= 0.6 is 0 Å². The Morgan fingerprint density at radius 1 is 1.50 bits per heavy atom. The van der Waals surface area contributed by atoms with Gasteiger partial charge in [0.15, 0.2) is 0 Å². The highest BCUT2D eigenvalue weighted by molar-refractivity contribution is 5.81. The molecule has 1 atom stereocenters. The van der Waals surface area contributed by atoms with Crippen LogP contribution in [0.25, 0.3) is 0 Å². The van der Waals surface area contributed by atoms with Crippen molar-refractivity contribution in [2.24, 2.45) is 5.92 Å². The van der Waals surface area contributed by atoms with Crippen LogP contribution in [-0.2, 0) is 4.79 Å². The summed E-state index contributed by atoms with van der Waals surface area (Å²) in [5.41, 5.74) is 0.268. The number of hydrogen-bond acceptors (Lipinski definition) is 2. The normalized spacial score (nSPS) is 25.4. The molecular formula is C12H23NO. The van der Waals surface area contributed by atoms with E-state index in [0.717, 1.165) is 19.5 Å². The first-order valence-electron chi connectivity index (χ1n) is 5.75. The molecule has 2 heteroatoms. The van der Waals surface area contributed by atoms with Crippen molar-refractivity contribution in [2.45, 2.75) is 52.5 Å². The number of nitrogens with zero attached hydrogens (tertiary/aromatic N) is 1. The average molecular weight is 197 g/mol. The van der Waals surface area contributed by atoms with Gasteiger partial charge in [-0.2, -0.15) is 0 Å². The van der Waals surface area contributed by atoms with Crippen molar-refractivity contribution in [1.29, 1.82) is 0 Å². The number of piperidine rings is 1. The molecule has 1 heterocycles. The lowest BCUT2D eigenvalue weighted by Gasteiger charge is -2.42. The topological polar surface area (TPSA) is 20.3 Å². The van der Waals surface area contributed by atoms with Gasteiger partial charge in [-0.1, -0.05) is 20.3 Å². The lowest BCUT2D eigenvalue weighted by molar-refractivity contribution is -0.127. The van der Waals surface area contributed by atoms with Gasteiger partial charge in [-0.15, -0.1) is 0 Å². The molecule has 1 aliphatic heterocycles. The van der Waals surface area contributed by atoms with Crippen molar-refractivity contribution in [3.05, 3.63) is 0 Å². The van der Waals surface area contributed by atoms with Crippen molar-refractivity contribution in [3.63, 3.8) is 0 Å². The van der Waals surface area contributed by atoms with Crippen LogP contribution in [0, 0.1) is 5.92 Å². The summed E-state index contributed by atoms with van der Waals surface area (Å²) in [5.74, 6) is 0.674. The van der Waals surface area contributed by atoms with Crippen LogP contribution in [0.4, 0.5) is 0 Å². The summed E-state index contributed by atoms with van der Waals surface area (Å²) in [6.07, 6.45) is 3.17. The minimum atomic E-state index is 0.236. The van der Waals surface area contributed by atoms with Gasteiger partial charge in [0.25, 0.3) is 0 Å². The summed E-state index contributed by atoms with van der Waals surface area (Å²) in [4.78, 5) is 13.9. The van der Waals surface area contributed by atoms with Crippen molar-refractivity contribution >= 4 is 5.78 Å². The van der Waals surface area contributed by atoms with Gasteiger partial charge in [0.05, 0.1) is 0 Å². The van der Waals surface area contributed by atoms with E-state index in [9.17, 15) is 4.79 Å². The molecule has 0 spiro atoms. The Morgan fingerprint density at radius 3 is 2.64 bits per heavy atom. The number of hydrogen-bond donors (Lipinski definition) is 0. The van der Waals surface area contributed by atoms with Crippen molar-refractivity contribution < 1.29 is 4.79 Å². The van der Waals surface area contributed by atoms with Gasteiger partial charge in [0.1, 0.15) is 5.78 Å².